The molecule has 0 radical (unpaired) electrons. The van der Waals surface area contributed by atoms with Crippen LogP contribution in [0.15, 0.2) is 48.5 Å². The van der Waals surface area contributed by atoms with Gasteiger partial charge < -0.3 is 10.2 Å². The van der Waals surface area contributed by atoms with Crippen LogP contribution < -0.4 is 10.2 Å². The SMILES string of the molecule is Cc1ccc(Cc2nsc(N3CCC[C@H]3C(=O)NCc3ccc(F)cc3)n2)cc1. The van der Waals surface area contributed by atoms with E-state index in [0.717, 1.165) is 35.9 Å². The molecule has 1 atom stereocenters. The van der Waals surface area contributed by atoms with Crippen molar-refractivity contribution in [1.29, 1.82) is 0 Å². The molecule has 2 heterocycles. The standard InChI is InChI=1S/C22H23FN4OS/c1-15-4-6-16(7-5-15)13-20-25-22(29-26-20)27-12-2-3-19(27)21(28)24-14-17-8-10-18(23)11-9-17/h4-11,19H,2-3,12-14H2,1H3,(H,24,28)/t19-/m0/s1. The van der Waals surface area contributed by atoms with Gasteiger partial charge in [-0.15, -0.1) is 0 Å². The zero-order valence-corrected chi connectivity index (χ0v) is 17.1. The van der Waals surface area contributed by atoms with Gasteiger partial charge in [-0.3, -0.25) is 4.79 Å². The fourth-order valence-corrected chi connectivity index (χ4v) is 4.26. The van der Waals surface area contributed by atoms with Gasteiger partial charge in [-0.2, -0.15) is 4.37 Å². The largest absolute Gasteiger partial charge is 0.350 e. The summed E-state index contributed by atoms with van der Waals surface area (Å²) in [4.78, 5) is 19.5. The smallest absolute Gasteiger partial charge is 0.243 e. The Balaban J connectivity index is 1.38. The van der Waals surface area contributed by atoms with Crippen molar-refractivity contribution in [2.24, 2.45) is 0 Å². The molecule has 0 unspecified atom stereocenters. The number of nitrogens with zero attached hydrogens (tertiary/aromatic N) is 3. The highest BCUT2D eigenvalue weighted by Gasteiger charge is 2.32. The van der Waals surface area contributed by atoms with Gasteiger partial charge in [0.15, 0.2) is 0 Å². The van der Waals surface area contributed by atoms with Crippen molar-refractivity contribution in [3.05, 3.63) is 76.9 Å². The number of hydrogen-bond donors (Lipinski definition) is 1. The highest BCUT2D eigenvalue weighted by atomic mass is 32.1. The average Bonchev–Trinajstić information content (AvgIpc) is 3.38. The second-order valence-corrected chi connectivity index (χ2v) is 8.08. The summed E-state index contributed by atoms with van der Waals surface area (Å²) in [6, 6.07) is 14.3. The second-order valence-electron chi connectivity index (χ2n) is 7.35. The Morgan fingerprint density at radius 2 is 1.90 bits per heavy atom. The van der Waals surface area contributed by atoms with Crippen LogP contribution in [0.25, 0.3) is 0 Å². The minimum Gasteiger partial charge on any atom is -0.350 e. The van der Waals surface area contributed by atoms with Gasteiger partial charge in [0.2, 0.25) is 11.0 Å². The fourth-order valence-electron chi connectivity index (χ4n) is 3.50. The summed E-state index contributed by atoms with van der Waals surface area (Å²) in [7, 11) is 0. The van der Waals surface area contributed by atoms with E-state index in [9.17, 15) is 9.18 Å². The lowest BCUT2D eigenvalue weighted by Crippen LogP contribution is -2.43. The van der Waals surface area contributed by atoms with Gasteiger partial charge >= 0.3 is 0 Å². The molecule has 1 aromatic heterocycles. The topological polar surface area (TPSA) is 58.1 Å². The lowest BCUT2D eigenvalue weighted by Gasteiger charge is -2.22. The summed E-state index contributed by atoms with van der Waals surface area (Å²) in [5, 5.41) is 3.76. The van der Waals surface area contributed by atoms with Gasteiger partial charge in [0, 0.05) is 31.0 Å². The number of carbonyl (C=O) groups excluding carboxylic acids is 1. The third-order valence-electron chi connectivity index (χ3n) is 5.12. The maximum absolute atomic E-state index is 13.0. The number of nitrogens with one attached hydrogen (secondary N) is 1. The van der Waals surface area contributed by atoms with Crippen molar-refractivity contribution in [3.63, 3.8) is 0 Å². The van der Waals surface area contributed by atoms with E-state index in [0.29, 0.717) is 13.0 Å². The van der Waals surface area contributed by atoms with E-state index in [1.54, 1.807) is 12.1 Å². The minimum absolute atomic E-state index is 0.0258. The number of rotatable bonds is 6. The van der Waals surface area contributed by atoms with Crippen LogP contribution in [0.2, 0.25) is 0 Å². The summed E-state index contributed by atoms with van der Waals surface area (Å²) < 4.78 is 17.5. The number of aromatic nitrogens is 2. The van der Waals surface area contributed by atoms with Gasteiger partial charge in [-0.05, 0) is 43.0 Å². The summed E-state index contributed by atoms with van der Waals surface area (Å²) in [5.74, 6) is 0.480. The third-order valence-corrected chi connectivity index (χ3v) is 5.91. The molecule has 0 spiro atoms. The van der Waals surface area contributed by atoms with Crippen LogP contribution in [0.3, 0.4) is 0 Å². The lowest BCUT2D eigenvalue weighted by atomic mass is 10.1. The van der Waals surface area contributed by atoms with Gasteiger partial charge in [0.05, 0.1) is 0 Å². The van der Waals surface area contributed by atoms with Crippen molar-refractivity contribution in [1.82, 2.24) is 14.7 Å². The summed E-state index contributed by atoms with van der Waals surface area (Å²) in [6.45, 7) is 3.25. The molecule has 4 rings (SSSR count). The molecule has 1 aliphatic heterocycles. The summed E-state index contributed by atoms with van der Waals surface area (Å²) >= 11 is 1.35. The molecular formula is C22H23FN4OS. The monoisotopic (exact) mass is 410 g/mol. The molecule has 1 N–H and O–H groups in total. The number of carbonyl (C=O) groups is 1. The third kappa shape index (κ3) is 4.79. The van der Waals surface area contributed by atoms with E-state index in [1.165, 1.54) is 34.8 Å². The van der Waals surface area contributed by atoms with Crippen LogP contribution >= 0.6 is 11.5 Å². The number of amides is 1. The maximum atomic E-state index is 13.0. The van der Waals surface area contributed by atoms with Crippen molar-refractivity contribution < 1.29 is 9.18 Å². The van der Waals surface area contributed by atoms with E-state index in [-0.39, 0.29) is 17.8 Å². The molecular weight excluding hydrogens is 387 g/mol. The van der Waals surface area contributed by atoms with E-state index >= 15 is 0 Å². The summed E-state index contributed by atoms with van der Waals surface area (Å²) in [5.41, 5.74) is 3.28. The van der Waals surface area contributed by atoms with E-state index in [1.807, 2.05) is 0 Å². The first-order chi connectivity index (χ1) is 14.1. The van der Waals surface area contributed by atoms with Crippen LogP contribution in [-0.4, -0.2) is 27.9 Å². The molecule has 1 aliphatic rings. The van der Waals surface area contributed by atoms with Crippen molar-refractivity contribution >= 4 is 22.6 Å². The Morgan fingerprint density at radius 1 is 1.17 bits per heavy atom. The van der Waals surface area contributed by atoms with Crippen molar-refractivity contribution in [3.8, 4) is 0 Å². The number of anilines is 1. The van der Waals surface area contributed by atoms with Crippen LogP contribution in [0.4, 0.5) is 9.52 Å². The molecule has 5 nitrogen and oxygen atoms in total. The Hall–Kier alpha value is -2.80. The maximum Gasteiger partial charge on any atom is 0.243 e. The van der Waals surface area contributed by atoms with E-state index in [4.69, 9.17) is 0 Å². The van der Waals surface area contributed by atoms with E-state index < -0.39 is 0 Å². The molecule has 0 aliphatic carbocycles. The Labute approximate surface area is 173 Å². The average molecular weight is 411 g/mol. The zero-order chi connectivity index (χ0) is 20.2. The molecule has 150 valence electrons. The predicted octanol–water partition coefficient (Wildman–Crippen LogP) is 3.86. The van der Waals surface area contributed by atoms with Crippen LogP contribution in [0.5, 0.6) is 0 Å². The number of benzene rings is 2. The Bertz CT molecular complexity index is 971. The normalized spacial score (nSPS) is 16.2. The Morgan fingerprint density at radius 3 is 2.66 bits per heavy atom. The predicted molar refractivity (Wildman–Crippen MR) is 113 cm³/mol. The zero-order valence-electron chi connectivity index (χ0n) is 16.3. The van der Waals surface area contributed by atoms with E-state index in [2.05, 4.69) is 50.8 Å². The lowest BCUT2D eigenvalue weighted by molar-refractivity contribution is -0.122. The van der Waals surface area contributed by atoms with Crippen LogP contribution in [0.1, 0.15) is 35.4 Å². The first-order valence-electron chi connectivity index (χ1n) is 9.75. The molecule has 1 amide bonds. The number of aryl methyl sites for hydroxylation is 1. The molecule has 2 aromatic carbocycles. The molecule has 7 heteroatoms. The molecule has 1 saturated heterocycles. The fraction of sp³-hybridized carbons (Fsp3) is 0.318. The van der Waals surface area contributed by atoms with Gasteiger partial charge in [-0.25, -0.2) is 9.37 Å². The van der Waals surface area contributed by atoms with Crippen molar-refractivity contribution in [2.75, 3.05) is 11.4 Å². The number of halogens is 1. The van der Waals surface area contributed by atoms with Crippen molar-refractivity contribution in [2.45, 2.75) is 38.8 Å². The molecule has 29 heavy (non-hydrogen) atoms. The minimum atomic E-state index is -0.278. The molecule has 1 fully saturated rings. The van der Waals surface area contributed by atoms with Gasteiger partial charge in [-0.1, -0.05) is 42.0 Å². The van der Waals surface area contributed by atoms with Crippen LogP contribution in [-0.2, 0) is 17.8 Å². The van der Waals surface area contributed by atoms with Gasteiger partial charge in [0.1, 0.15) is 17.7 Å². The highest BCUT2D eigenvalue weighted by molar-refractivity contribution is 7.09. The number of hydrogen-bond acceptors (Lipinski definition) is 5. The highest BCUT2D eigenvalue weighted by Crippen LogP contribution is 2.28. The Kier molecular flexibility index (Phi) is 5.85. The quantitative estimate of drug-likeness (QED) is 0.670. The first kappa shape index (κ1) is 19.5. The summed E-state index contributed by atoms with van der Waals surface area (Å²) in [6.07, 6.45) is 2.43. The van der Waals surface area contributed by atoms with Gasteiger partial charge in [0.25, 0.3) is 0 Å². The second kappa shape index (κ2) is 8.69. The molecule has 0 bridgehead atoms. The molecule has 0 saturated carbocycles. The van der Waals surface area contributed by atoms with Crippen LogP contribution in [0, 0.1) is 12.7 Å². The first-order valence-corrected chi connectivity index (χ1v) is 10.5. The molecule has 3 aromatic rings.